The molecule has 3 rings (SSSR count). The largest absolute Gasteiger partial charge is 0.490 e. The number of hydrogen-bond donors (Lipinski definition) is 0. The average molecular weight is 216 g/mol. The van der Waals surface area contributed by atoms with Crippen LogP contribution < -0.4 is 4.74 Å². The minimum atomic E-state index is 0.270. The molecule has 2 nitrogen and oxygen atoms in total. The van der Waals surface area contributed by atoms with Crippen molar-refractivity contribution in [1.82, 2.24) is 0 Å². The molecule has 0 heterocycles. The van der Waals surface area contributed by atoms with E-state index in [-0.39, 0.29) is 5.78 Å². The molecule has 0 bridgehead atoms. The van der Waals surface area contributed by atoms with Crippen LogP contribution in [0.5, 0.6) is 5.75 Å². The third kappa shape index (κ3) is 1.62. The second-order valence-electron chi connectivity index (χ2n) is 4.73. The van der Waals surface area contributed by atoms with E-state index in [1.807, 2.05) is 18.2 Å². The van der Waals surface area contributed by atoms with Crippen LogP contribution in [0.2, 0.25) is 0 Å². The predicted octanol–water partition coefficient (Wildman–Crippen LogP) is 3.14. The molecule has 0 saturated heterocycles. The van der Waals surface area contributed by atoms with Crippen LogP contribution in [0.1, 0.15) is 48.0 Å². The minimum Gasteiger partial charge on any atom is -0.490 e. The van der Waals surface area contributed by atoms with Crippen molar-refractivity contribution in [2.45, 2.75) is 44.6 Å². The maximum absolute atomic E-state index is 11.6. The topological polar surface area (TPSA) is 26.3 Å². The van der Waals surface area contributed by atoms with E-state index in [4.69, 9.17) is 4.74 Å². The predicted molar refractivity (Wildman–Crippen MR) is 62.0 cm³/mol. The first-order chi connectivity index (χ1) is 7.84. The van der Waals surface area contributed by atoms with Crippen LogP contribution >= 0.6 is 0 Å². The molecule has 0 amide bonds. The fraction of sp³-hybridized carbons (Fsp3) is 0.500. The molecule has 0 spiro atoms. The fourth-order valence-electron chi connectivity index (χ4n) is 2.75. The maximum atomic E-state index is 11.6. The fourth-order valence-corrected chi connectivity index (χ4v) is 2.75. The molecule has 84 valence electrons. The van der Waals surface area contributed by atoms with Gasteiger partial charge in [-0.2, -0.15) is 0 Å². The van der Waals surface area contributed by atoms with E-state index >= 15 is 0 Å². The normalized spacial score (nSPS) is 20.1. The third-order valence-corrected chi connectivity index (χ3v) is 3.63. The highest BCUT2D eigenvalue weighted by Gasteiger charge is 2.24. The maximum Gasteiger partial charge on any atom is 0.163 e. The molecule has 2 aliphatic rings. The molecule has 1 aromatic rings. The Hall–Kier alpha value is -1.31. The van der Waals surface area contributed by atoms with Crippen LogP contribution in [-0.2, 0) is 6.42 Å². The zero-order valence-electron chi connectivity index (χ0n) is 9.37. The van der Waals surface area contributed by atoms with Crippen molar-refractivity contribution in [1.29, 1.82) is 0 Å². The molecule has 0 radical (unpaired) electrons. The van der Waals surface area contributed by atoms with E-state index in [0.29, 0.717) is 12.5 Å². The lowest BCUT2D eigenvalue weighted by atomic mass is 10.1. The Labute approximate surface area is 95.6 Å². The first kappa shape index (κ1) is 9.88. The summed E-state index contributed by atoms with van der Waals surface area (Å²) in [5, 5.41) is 0. The summed E-state index contributed by atoms with van der Waals surface area (Å²) in [6.45, 7) is 0. The van der Waals surface area contributed by atoms with Gasteiger partial charge in [0.1, 0.15) is 5.75 Å². The van der Waals surface area contributed by atoms with E-state index in [9.17, 15) is 4.79 Å². The van der Waals surface area contributed by atoms with Crippen molar-refractivity contribution in [3.8, 4) is 5.75 Å². The lowest BCUT2D eigenvalue weighted by Gasteiger charge is -2.15. The smallest absolute Gasteiger partial charge is 0.163 e. The van der Waals surface area contributed by atoms with Gasteiger partial charge in [-0.3, -0.25) is 4.79 Å². The summed E-state index contributed by atoms with van der Waals surface area (Å²) >= 11 is 0. The number of hydrogen-bond acceptors (Lipinski definition) is 2. The first-order valence-corrected chi connectivity index (χ1v) is 6.16. The van der Waals surface area contributed by atoms with Gasteiger partial charge in [0.05, 0.1) is 6.10 Å². The molecule has 0 aliphatic heterocycles. The molecule has 2 aliphatic carbocycles. The quantitative estimate of drug-likeness (QED) is 0.759. The van der Waals surface area contributed by atoms with Crippen LogP contribution in [0.15, 0.2) is 18.2 Å². The first-order valence-electron chi connectivity index (χ1n) is 6.16. The van der Waals surface area contributed by atoms with Gasteiger partial charge in [-0.15, -0.1) is 0 Å². The lowest BCUT2D eigenvalue weighted by molar-refractivity contribution is 0.0994. The highest BCUT2D eigenvalue weighted by atomic mass is 16.5. The third-order valence-electron chi connectivity index (χ3n) is 3.63. The SMILES string of the molecule is O=C1CCc2c(OC3CCCC3)cccc21. The summed E-state index contributed by atoms with van der Waals surface area (Å²) in [4.78, 5) is 11.6. The molecule has 0 aromatic heterocycles. The van der Waals surface area contributed by atoms with Crippen molar-refractivity contribution in [2.75, 3.05) is 0 Å². The molecule has 1 fully saturated rings. The number of ether oxygens (including phenoxy) is 1. The van der Waals surface area contributed by atoms with Crippen LogP contribution in [0.3, 0.4) is 0 Å². The Kier molecular flexibility index (Phi) is 2.43. The van der Waals surface area contributed by atoms with Crippen LogP contribution in [0, 0.1) is 0 Å². The van der Waals surface area contributed by atoms with Crippen molar-refractivity contribution < 1.29 is 9.53 Å². The van der Waals surface area contributed by atoms with Gasteiger partial charge in [-0.25, -0.2) is 0 Å². The standard InChI is InChI=1S/C14H16O2/c15-13-9-8-12-11(13)6-3-7-14(12)16-10-4-1-2-5-10/h3,6-7,10H,1-2,4-5,8-9H2. The van der Waals surface area contributed by atoms with Crippen molar-refractivity contribution in [3.05, 3.63) is 29.3 Å². The summed E-state index contributed by atoms with van der Waals surface area (Å²) < 4.78 is 6.01. The highest BCUT2D eigenvalue weighted by molar-refractivity contribution is 6.01. The van der Waals surface area contributed by atoms with Gasteiger partial charge in [0, 0.05) is 17.5 Å². The molecule has 1 saturated carbocycles. The molecule has 16 heavy (non-hydrogen) atoms. The zero-order chi connectivity index (χ0) is 11.0. The molecule has 0 unspecified atom stereocenters. The van der Waals surface area contributed by atoms with Crippen molar-refractivity contribution >= 4 is 5.78 Å². The van der Waals surface area contributed by atoms with E-state index in [2.05, 4.69) is 0 Å². The van der Waals surface area contributed by atoms with Gasteiger partial charge in [0.25, 0.3) is 0 Å². The molecule has 1 aromatic carbocycles. The van der Waals surface area contributed by atoms with E-state index in [0.717, 1.165) is 36.1 Å². The van der Waals surface area contributed by atoms with Gasteiger partial charge >= 0.3 is 0 Å². The summed E-state index contributed by atoms with van der Waals surface area (Å²) in [6.07, 6.45) is 6.77. The minimum absolute atomic E-state index is 0.270. The average Bonchev–Trinajstić information content (AvgIpc) is 2.90. The van der Waals surface area contributed by atoms with E-state index < -0.39 is 0 Å². The number of carbonyl (C=O) groups excluding carboxylic acids is 1. The lowest BCUT2D eigenvalue weighted by Crippen LogP contribution is -2.12. The van der Waals surface area contributed by atoms with Gasteiger partial charge in [0.15, 0.2) is 5.78 Å². The summed E-state index contributed by atoms with van der Waals surface area (Å²) in [5.41, 5.74) is 2.02. The summed E-state index contributed by atoms with van der Waals surface area (Å²) in [6, 6.07) is 5.87. The zero-order valence-corrected chi connectivity index (χ0v) is 9.37. The van der Waals surface area contributed by atoms with Gasteiger partial charge in [-0.05, 0) is 38.2 Å². The number of carbonyl (C=O) groups is 1. The Morgan fingerprint density at radius 2 is 1.94 bits per heavy atom. The second-order valence-corrected chi connectivity index (χ2v) is 4.73. The number of benzene rings is 1. The molecule has 2 heteroatoms. The Morgan fingerprint density at radius 1 is 1.12 bits per heavy atom. The van der Waals surface area contributed by atoms with Crippen LogP contribution in [0.4, 0.5) is 0 Å². The molecular weight excluding hydrogens is 200 g/mol. The van der Waals surface area contributed by atoms with E-state index in [1.165, 1.54) is 12.8 Å². The Morgan fingerprint density at radius 3 is 2.75 bits per heavy atom. The molecule has 0 atom stereocenters. The Balaban J connectivity index is 1.87. The summed E-state index contributed by atoms with van der Waals surface area (Å²) in [7, 11) is 0. The van der Waals surface area contributed by atoms with Crippen LogP contribution in [0.25, 0.3) is 0 Å². The number of fused-ring (bicyclic) bond motifs is 1. The number of Topliss-reactive ketones (excluding diaryl/α,β-unsaturated/α-hetero) is 1. The Bertz CT molecular complexity index is 417. The monoisotopic (exact) mass is 216 g/mol. The van der Waals surface area contributed by atoms with E-state index in [1.54, 1.807) is 0 Å². The van der Waals surface area contributed by atoms with Gasteiger partial charge in [-0.1, -0.05) is 12.1 Å². The van der Waals surface area contributed by atoms with Crippen LogP contribution in [-0.4, -0.2) is 11.9 Å². The second kappa shape index (κ2) is 3.93. The summed E-state index contributed by atoms with van der Waals surface area (Å²) in [5.74, 6) is 1.22. The highest BCUT2D eigenvalue weighted by Crippen LogP contribution is 2.33. The van der Waals surface area contributed by atoms with Gasteiger partial charge < -0.3 is 4.74 Å². The number of rotatable bonds is 2. The van der Waals surface area contributed by atoms with Crippen molar-refractivity contribution in [2.24, 2.45) is 0 Å². The van der Waals surface area contributed by atoms with Crippen molar-refractivity contribution in [3.63, 3.8) is 0 Å². The number of ketones is 1. The molecule has 0 N–H and O–H groups in total. The van der Waals surface area contributed by atoms with Gasteiger partial charge in [0.2, 0.25) is 0 Å². The molecular formula is C14H16O2.